The number of aryl methyl sites for hydroxylation is 2. The van der Waals surface area contributed by atoms with E-state index in [-0.39, 0.29) is 23.8 Å². The number of benzene rings is 1. The Morgan fingerprint density at radius 2 is 1.91 bits per heavy atom. The van der Waals surface area contributed by atoms with E-state index in [4.69, 9.17) is 4.98 Å². The first-order chi connectivity index (χ1) is 15.8. The van der Waals surface area contributed by atoms with Crippen LogP contribution >= 0.6 is 0 Å². The van der Waals surface area contributed by atoms with Gasteiger partial charge in [0.2, 0.25) is 5.95 Å². The molecular formula is C26H29N5O2. The van der Waals surface area contributed by atoms with Crippen molar-refractivity contribution in [3.05, 3.63) is 86.6 Å². The lowest BCUT2D eigenvalue weighted by Gasteiger charge is -2.18. The highest BCUT2D eigenvalue weighted by atomic mass is 16.1. The molecule has 0 bridgehead atoms. The standard InChI is InChI=1S/C26H29N5O2/c1-15-13-16(2)29-25(33)20(15)11-12-22(32)23-18(4)31(17(3)19-9-7-6-8-10-19)24-21(23)14-28-26(27-5)30-24/h6-10,13-14,17H,11-12H2,1-5H3,(H,29,33)(H,27,28,30)/t17-/m1/s1. The van der Waals surface area contributed by atoms with E-state index in [9.17, 15) is 9.59 Å². The molecule has 4 aromatic rings. The predicted octanol–water partition coefficient (Wildman–Crippen LogP) is 4.51. The number of carbonyl (C=O) groups is 1. The van der Waals surface area contributed by atoms with Crippen molar-refractivity contribution in [2.75, 3.05) is 12.4 Å². The lowest BCUT2D eigenvalue weighted by Crippen LogP contribution is -2.17. The topological polar surface area (TPSA) is 92.7 Å². The van der Waals surface area contributed by atoms with Crippen molar-refractivity contribution in [2.45, 2.75) is 46.6 Å². The molecule has 1 aromatic carbocycles. The molecule has 4 rings (SSSR count). The third-order valence-corrected chi connectivity index (χ3v) is 6.26. The minimum Gasteiger partial charge on any atom is -0.357 e. The molecule has 0 radical (unpaired) electrons. The number of H-pyrrole nitrogens is 1. The average molecular weight is 444 g/mol. The molecule has 0 fully saturated rings. The first-order valence-electron chi connectivity index (χ1n) is 11.1. The summed E-state index contributed by atoms with van der Waals surface area (Å²) in [7, 11) is 1.77. The van der Waals surface area contributed by atoms with Crippen LogP contribution in [-0.2, 0) is 6.42 Å². The third-order valence-electron chi connectivity index (χ3n) is 6.26. The molecule has 0 amide bonds. The van der Waals surface area contributed by atoms with Gasteiger partial charge in [-0.3, -0.25) is 9.59 Å². The van der Waals surface area contributed by atoms with Gasteiger partial charge in [-0.15, -0.1) is 0 Å². The number of rotatable bonds is 7. The Hall–Kier alpha value is -3.74. The van der Waals surface area contributed by atoms with Crippen LogP contribution in [0.1, 0.15) is 57.8 Å². The highest BCUT2D eigenvalue weighted by Crippen LogP contribution is 2.32. The molecule has 3 heterocycles. The van der Waals surface area contributed by atoms with E-state index in [0.29, 0.717) is 23.5 Å². The number of pyridine rings is 1. The number of nitrogens with one attached hydrogen (secondary N) is 2. The lowest BCUT2D eigenvalue weighted by atomic mass is 9.99. The fourth-order valence-corrected chi connectivity index (χ4v) is 4.59. The summed E-state index contributed by atoms with van der Waals surface area (Å²) in [6, 6.07) is 12.1. The van der Waals surface area contributed by atoms with E-state index in [1.807, 2.05) is 45.0 Å². The first-order valence-corrected chi connectivity index (χ1v) is 11.1. The molecule has 33 heavy (non-hydrogen) atoms. The smallest absolute Gasteiger partial charge is 0.251 e. The van der Waals surface area contributed by atoms with Gasteiger partial charge in [-0.25, -0.2) is 4.98 Å². The van der Waals surface area contributed by atoms with Crippen LogP contribution in [0.25, 0.3) is 11.0 Å². The normalized spacial score (nSPS) is 12.2. The van der Waals surface area contributed by atoms with Crippen LogP contribution in [-0.4, -0.2) is 32.3 Å². The maximum absolute atomic E-state index is 13.5. The molecule has 170 valence electrons. The van der Waals surface area contributed by atoms with E-state index < -0.39 is 0 Å². The van der Waals surface area contributed by atoms with Crippen molar-refractivity contribution in [1.29, 1.82) is 0 Å². The molecule has 0 aliphatic rings. The van der Waals surface area contributed by atoms with E-state index in [1.54, 1.807) is 13.2 Å². The Labute approximate surface area is 192 Å². The minimum absolute atomic E-state index is 0.0166. The Kier molecular flexibility index (Phi) is 6.14. The van der Waals surface area contributed by atoms with Gasteiger partial charge in [0.05, 0.1) is 6.04 Å². The second kappa shape index (κ2) is 9.02. The van der Waals surface area contributed by atoms with Crippen molar-refractivity contribution < 1.29 is 4.79 Å². The first kappa shape index (κ1) is 22.5. The minimum atomic E-state index is -0.126. The SMILES string of the molecule is CNc1ncc2c(C(=O)CCc3c(C)cc(C)[nH]c3=O)c(C)n([C@H](C)c3ccccc3)c2n1. The lowest BCUT2D eigenvalue weighted by molar-refractivity contribution is 0.0983. The number of aromatic nitrogens is 4. The zero-order chi connectivity index (χ0) is 23.7. The molecule has 0 spiro atoms. The molecular weight excluding hydrogens is 414 g/mol. The summed E-state index contributed by atoms with van der Waals surface area (Å²) >= 11 is 0. The van der Waals surface area contributed by atoms with Crippen LogP contribution < -0.4 is 10.9 Å². The summed E-state index contributed by atoms with van der Waals surface area (Å²) in [5.41, 5.74) is 5.57. The Balaban J connectivity index is 1.77. The molecule has 7 heteroatoms. The van der Waals surface area contributed by atoms with E-state index in [2.05, 4.69) is 38.9 Å². The van der Waals surface area contributed by atoms with Crippen LogP contribution in [0.3, 0.4) is 0 Å². The molecule has 0 aliphatic heterocycles. The number of nitrogens with zero attached hydrogens (tertiary/aromatic N) is 3. The molecule has 0 aliphatic carbocycles. The number of anilines is 1. The fourth-order valence-electron chi connectivity index (χ4n) is 4.59. The van der Waals surface area contributed by atoms with Crippen molar-refractivity contribution in [3.8, 4) is 0 Å². The maximum atomic E-state index is 13.5. The third kappa shape index (κ3) is 4.18. The number of hydrogen-bond acceptors (Lipinski definition) is 5. The highest BCUT2D eigenvalue weighted by molar-refractivity contribution is 6.08. The van der Waals surface area contributed by atoms with Crippen LogP contribution in [0.4, 0.5) is 5.95 Å². The zero-order valence-corrected chi connectivity index (χ0v) is 19.7. The highest BCUT2D eigenvalue weighted by Gasteiger charge is 2.25. The summed E-state index contributed by atoms with van der Waals surface area (Å²) in [4.78, 5) is 37.8. The number of carbonyl (C=O) groups excluding carboxylic acids is 1. The van der Waals surface area contributed by atoms with Gasteiger partial charge in [-0.05, 0) is 51.3 Å². The number of hydrogen-bond donors (Lipinski definition) is 2. The second-order valence-corrected chi connectivity index (χ2v) is 8.46. The van der Waals surface area contributed by atoms with Crippen molar-refractivity contribution in [2.24, 2.45) is 0 Å². The maximum Gasteiger partial charge on any atom is 0.251 e. The van der Waals surface area contributed by atoms with Gasteiger partial charge >= 0.3 is 0 Å². The van der Waals surface area contributed by atoms with Gasteiger partial charge in [0, 0.05) is 47.6 Å². The van der Waals surface area contributed by atoms with Gasteiger partial charge in [0.25, 0.3) is 5.56 Å². The number of ketones is 1. The van der Waals surface area contributed by atoms with Crippen molar-refractivity contribution in [3.63, 3.8) is 0 Å². The Morgan fingerprint density at radius 3 is 2.58 bits per heavy atom. The number of fused-ring (bicyclic) bond motifs is 1. The molecule has 0 unspecified atom stereocenters. The number of Topliss-reactive ketones (excluding diaryl/α,β-unsaturated/α-hetero) is 1. The average Bonchev–Trinajstić information content (AvgIpc) is 3.09. The summed E-state index contributed by atoms with van der Waals surface area (Å²) < 4.78 is 2.10. The van der Waals surface area contributed by atoms with Crippen LogP contribution in [0.15, 0.2) is 47.4 Å². The predicted molar refractivity (Wildman–Crippen MR) is 131 cm³/mol. The summed E-state index contributed by atoms with van der Waals surface area (Å²) in [6.45, 7) is 7.83. The van der Waals surface area contributed by atoms with E-state index in [0.717, 1.165) is 33.5 Å². The van der Waals surface area contributed by atoms with Gasteiger partial charge in [-0.2, -0.15) is 4.98 Å². The van der Waals surface area contributed by atoms with Crippen LogP contribution in [0, 0.1) is 20.8 Å². The van der Waals surface area contributed by atoms with Crippen LogP contribution in [0.5, 0.6) is 0 Å². The van der Waals surface area contributed by atoms with Crippen LogP contribution in [0.2, 0.25) is 0 Å². The largest absolute Gasteiger partial charge is 0.357 e. The van der Waals surface area contributed by atoms with Gasteiger partial charge < -0.3 is 14.9 Å². The van der Waals surface area contributed by atoms with Crippen molar-refractivity contribution >= 4 is 22.8 Å². The van der Waals surface area contributed by atoms with Crippen molar-refractivity contribution in [1.82, 2.24) is 19.5 Å². The Morgan fingerprint density at radius 1 is 1.18 bits per heavy atom. The molecule has 3 aromatic heterocycles. The van der Waals surface area contributed by atoms with Gasteiger partial charge in [-0.1, -0.05) is 30.3 Å². The molecule has 0 saturated carbocycles. The van der Waals surface area contributed by atoms with E-state index in [1.165, 1.54) is 0 Å². The van der Waals surface area contributed by atoms with Gasteiger partial charge in [0.1, 0.15) is 5.65 Å². The number of aromatic amines is 1. The molecule has 7 nitrogen and oxygen atoms in total. The molecule has 2 N–H and O–H groups in total. The Bertz CT molecular complexity index is 1390. The fraction of sp³-hybridized carbons (Fsp3) is 0.308. The second-order valence-electron chi connectivity index (χ2n) is 8.46. The summed E-state index contributed by atoms with van der Waals surface area (Å²) in [6.07, 6.45) is 2.34. The molecule has 1 atom stereocenters. The van der Waals surface area contributed by atoms with E-state index >= 15 is 0 Å². The summed E-state index contributed by atoms with van der Waals surface area (Å²) in [5, 5.41) is 3.72. The quantitative estimate of drug-likeness (QED) is 0.410. The monoisotopic (exact) mass is 443 g/mol. The molecule has 0 saturated heterocycles. The van der Waals surface area contributed by atoms with Gasteiger partial charge in [0.15, 0.2) is 5.78 Å². The zero-order valence-electron chi connectivity index (χ0n) is 19.7. The summed E-state index contributed by atoms with van der Waals surface area (Å²) in [5.74, 6) is 0.485.